The monoisotopic (exact) mass is 329 g/mol. The van der Waals surface area contributed by atoms with Gasteiger partial charge in [-0.05, 0) is 39.2 Å². The standard InChI is InChI=1S/C17H23N5O2/c1-3-24-13-10-12(17(13)7-4-5-8-17)19-15(23)14-20-16-18-9-6-11(2)22(16)21-14/h6,9,12-13H,3-5,7-8,10H2,1-2H3,(H,19,23)/t12-,13+/m0/s1. The largest absolute Gasteiger partial charge is 0.378 e. The van der Waals surface area contributed by atoms with E-state index in [2.05, 4.69) is 20.4 Å². The summed E-state index contributed by atoms with van der Waals surface area (Å²) >= 11 is 0. The molecule has 1 N–H and O–H groups in total. The lowest BCUT2D eigenvalue weighted by atomic mass is 9.60. The van der Waals surface area contributed by atoms with Crippen LogP contribution in [0.2, 0.25) is 0 Å². The molecule has 7 nitrogen and oxygen atoms in total. The van der Waals surface area contributed by atoms with Gasteiger partial charge in [0.25, 0.3) is 11.7 Å². The van der Waals surface area contributed by atoms with E-state index in [-0.39, 0.29) is 29.3 Å². The summed E-state index contributed by atoms with van der Waals surface area (Å²) in [6, 6.07) is 2.00. The van der Waals surface area contributed by atoms with Crippen molar-refractivity contribution in [2.75, 3.05) is 6.61 Å². The van der Waals surface area contributed by atoms with Crippen LogP contribution in [0.5, 0.6) is 0 Å². The number of aromatic nitrogens is 4. The smallest absolute Gasteiger partial charge is 0.291 e. The second-order valence-electron chi connectivity index (χ2n) is 6.88. The first-order valence-electron chi connectivity index (χ1n) is 8.75. The number of nitrogens with zero attached hydrogens (tertiary/aromatic N) is 4. The van der Waals surface area contributed by atoms with Crippen LogP contribution in [-0.4, -0.2) is 44.2 Å². The number of rotatable bonds is 4. The van der Waals surface area contributed by atoms with Crippen LogP contribution in [-0.2, 0) is 4.74 Å². The number of fused-ring (bicyclic) bond motifs is 1. The minimum Gasteiger partial charge on any atom is -0.378 e. The summed E-state index contributed by atoms with van der Waals surface area (Å²) < 4.78 is 7.50. The first-order valence-corrected chi connectivity index (χ1v) is 8.75. The number of carbonyl (C=O) groups is 1. The second-order valence-corrected chi connectivity index (χ2v) is 6.88. The normalized spacial score (nSPS) is 25.1. The van der Waals surface area contributed by atoms with Crippen molar-refractivity contribution in [2.45, 2.75) is 58.1 Å². The Labute approximate surface area is 140 Å². The van der Waals surface area contributed by atoms with Crippen LogP contribution in [0.3, 0.4) is 0 Å². The van der Waals surface area contributed by atoms with Crippen LogP contribution >= 0.6 is 0 Å². The summed E-state index contributed by atoms with van der Waals surface area (Å²) in [7, 11) is 0. The second kappa shape index (κ2) is 5.81. The minimum absolute atomic E-state index is 0.110. The molecule has 7 heteroatoms. The highest BCUT2D eigenvalue weighted by Gasteiger charge is 2.57. The highest BCUT2D eigenvalue weighted by atomic mass is 16.5. The van der Waals surface area contributed by atoms with Gasteiger partial charge in [0.2, 0.25) is 5.82 Å². The number of carbonyl (C=O) groups excluding carboxylic acids is 1. The fraction of sp³-hybridized carbons (Fsp3) is 0.647. The molecular weight excluding hydrogens is 306 g/mol. The number of ether oxygens (including phenoxy) is 1. The molecule has 2 aromatic rings. The van der Waals surface area contributed by atoms with Gasteiger partial charge in [-0.1, -0.05) is 12.8 Å². The maximum Gasteiger partial charge on any atom is 0.291 e. The van der Waals surface area contributed by atoms with E-state index in [1.165, 1.54) is 12.8 Å². The van der Waals surface area contributed by atoms with E-state index in [0.717, 1.165) is 31.6 Å². The lowest BCUT2D eigenvalue weighted by Crippen LogP contribution is -2.63. The van der Waals surface area contributed by atoms with E-state index >= 15 is 0 Å². The van der Waals surface area contributed by atoms with Gasteiger partial charge in [0.05, 0.1) is 6.10 Å². The Morgan fingerprint density at radius 1 is 1.46 bits per heavy atom. The number of amides is 1. The van der Waals surface area contributed by atoms with Crippen molar-refractivity contribution in [3.63, 3.8) is 0 Å². The van der Waals surface area contributed by atoms with Gasteiger partial charge in [-0.3, -0.25) is 4.79 Å². The molecule has 0 saturated heterocycles. The Balaban J connectivity index is 1.52. The van der Waals surface area contributed by atoms with Crippen molar-refractivity contribution < 1.29 is 9.53 Å². The Morgan fingerprint density at radius 3 is 2.96 bits per heavy atom. The van der Waals surface area contributed by atoms with Crippen LogP contribution in [0.4, 0.5) is 0 Å². The maximum atomic E-state index is 12.6. The molecule has 2 atom stereocenters. The average Bonchev–Trinajstić information content (AvgIpc) is 3.23. The lowest BCUT2D eigenvalue weighted by Gasteiger charge is -2.53. The molecule has 2 aromatic heterocycles. The first kappa shape index (κ1) is 15.5. The molecule has 0 aromatic carbocycles. The average molecular weight is 329 g/mol. The van der Waals surface area contributed by atoms with Gasteiger partial charge in [-0.25, -0.2) is 9.50 Å². The van der Waals surface area contributed by atoms with Gasteiger partial charge in [-0.2, -0.15) is 4.98 Å². The molecule has 2 aliphatic rings. The Hall–Kier alpha value is -2.02. The van der Waals surface area contributed by atoms with Gasteiger partial charge in [-0.15, -0.1) is 5.10 Å². The van der Waals surface area contributed by atoms with Gasteiger partial charge in [0.15, 0.2) is 0 Å². The fourth-order valence-corrected chi connectivity index (χ4v) is 4.31. The summed E-state index contributed by atoms with van der Waals surface area (Å²) in [5.74, 6) is 0.424. The molecule has 2 saturated carbocycles. The van der Waals surface area contributed by atoms with Crippen LogP contribution in [0.1, 0.15) is 55.3 Å². The Bertz CT molecular complexity index is 765. The molecule has 2 fully saturated rings. The zero-order chi connectivity index (χ0) is 16.7. The molecule has 1 amide bonds. The van der Waals surface area contributed by atoms with E-state index in [1.54, 1.807) is 10.7 Å². The predicted molar refractivity (Wildman–Crippen MR) is 87.7 cm³/mol. The van der Waals surface area contributed by atoms with Crippen LogP contribution in [0.15, 0.2) is 12.3 Å². The minimum atomic E-state index is -0.217. The molecule has 1 spiro atoms. The van der Waals surface area contributed by atoms with Crippen molar-refractivity contribution >= 4 is 11.7 Å². The van der Waals surface area contributed by atoms with Crippen LogP contribution in [0.25, 0.3) is 5.78 Å². The summed E-state index contributed by atoms with van der Waals surface area (Å²) in [6.45, 7) is 4.67. The number of nitrogens with one attached hydrogen (secondary N) is 1. The molecule has 128 valence electrons. The molecular formula is C17H23N5O2. The molecule has 4 rings (SSSR count). The molecule has 0 bridgehead atoms. The number of aryl methyl sites for hydroxylation is 1. The Morgan fingerprint density at radius 2 is 2.25 bits per heavy atom. The summed E-state index contributed by atoms with van der Waals surface area (Å²) in [5, 5.41) is 7.44. The van der Waals surface area contributed by atoms with Crippen molar-refractivity contribution in [3.8, 4) is 0 Å². The molecule has 2 heterocycles. The lowest BCUT2D eigenvalue weighted by molar-refractivity contribution is -0.127. The van der Waals surface area contributed by atoms with Crippen LogP contribution in [0, 0.1) is 12.3 Å². The number of hydrogen-bond acceptors (Lipinski definition) is 5. The third kappa shape index (κ3) is 2.30. The van der Waals surface area contributed by atoms with Crippen LogP contribution < -0.4 is 5.32 Å². The van der Waals surface area contributed by atoms with Gasteiger partial charge in [0, 0.05) is 30.0 Å². The molecule has 2 aliphatic carbocycles. The van der Waals surface area contributed by atoms with Crippen molar-refractivity contribution in [1.82, 2.24) is 24.9 Å². The third-order valence-electron chi connectivity index (χ3n) is 5.63. The molecule has 24 heavy (non-hydrogen) atoms. The maximum absolute atomic E-state index is 12.6. The predicted octanol–water partition coefficient (Wildman–Crippen LogP) is 1.90. The van der Waals surface area contributed by atoms with E-state index in [4.69, 9.17) is 4.74 Å². The Kier molecular flexibility index (Phi) is 3.75. The van der Waals surface area contributed by atoms with E-state index in [1.807, 2.05) is 19.9 Å². The summed E-state index contributed by atoms with van der Waals surface area (Å²) in [6.07, 6.45) is 7.51. The third-order valence-corrected chi connectivity index (χ3v) is 5.63. The highest BCUT2D eigenvalue weighted by Crippen LogP contribution is 2.54. The van der Waals surface area contributed by atoms with Crippen molar-refractivity contribution in [3.05, 3.63) is 23.8 Å². The van der Waals surface area contributed by atoms with E-state index in [9.17, 15) is 4.79 Å². The van der Waals surface area contributed by atoms with E-state index < -0.39 is 0 Å². The topological polar surface area (TPSA) is 81.4 Å². The molecule has 0 unspecified atom stereocenters. The number of hydrogen-bond donors (Lipinski definition) is 1. The molecule has 0 aliphatic heterocycles. The summed E-state index contributed by atoms with van der Waals surface area (Å²) in [4.78, 5) is 21.0. The first-order chi connectivity index (χ1) is 11.6. The van der Waals surface area contributed by atoms with Gasteiger partial charge < -0.3 is 10.1 Å². The quantitative estimate of drug-likeness (QED) is 0.926. The summed E-state index contributed by atoms with van der Waals surface area (Å²) in [5.41, 5.74) is 1.01. The zero-order valence-corrected chi connectivity index (χ0v) is 14.2. The van der Waals surface area contributed by atoms with E-state index in [0.29, 0.717) is 5.78 Å². The van der Waals surface area contributed by atoms with Crippen molar-refractivity contribution in [2.24, 2.45) is 5.41 Å². The fourth-order valence-electron chi connectivity index (χ4n) is 4.31. The molecule has 0 radical (unpaired) electrons. The van der Waals surface area contributed by atoms with Gasteiger partial charge in [0.1, 0.15) is 0 Å². The van der Waals surface area contributed by atoms with Gasteiger partial charge >= 0.3 is 0 Å². The zero-order valence-electron chi connectivity index (χ0n) is 14.2. The van der Waals surface area contributed by atoms with Crippen molar-refractivity contribution in [1.29, 1.82) is 0 Å². The SMILES string of the molecule is CCO[C@@H]1C[C@H](NC(=O)c2nc3nccc(C)n3n2)C12CCCC2. The highest BCUT2D eigenvalue weighted by molar-refractivity contribution is 5.91.